The summed E-state index contributed by atoms with van der Waals surface area (Å²) in [7, 11) is 1.82. The van der Waals surface area contributed by atoms with Crippen molar-refractivity contribution in [3.05, 3.63) is 35.4 Å². The first-order chi connectivity index (χ1) is 15.7. The minimum Gasteiger partial charge on any atom is -0.481 e. The minimum absolute atomic E-state index is 0.301. The minimum atomic E-state index is -1.79. The summed E-state index contributed by atoms with van der Waals surface area (Å²) in [5, 5.41) is 24.1. The summed E-state index contributed by atoms with van der Waals surface area (Å²) in [6, 6.07) is 8.33. The predicted octanol–water partition coefficient (Wildman–Crippen LogP) is 0.665. The fraction of sp³-hybridized carbons (Fsp3) is 0.609. The lowest BCUT2D eigenvalue weighted by atomic mass is 9.62. The molecule has 3 atom stereocenters. The number of carbonyl (C=O) groups is 3. The molecule has 3 fully saturated rings. The molecule has 2 saturated heterocycles. The Morgan fingerprint density at radius 2 is 1.85 bits per heavy atom. The molecule has 1 aromatic carbocycles. The number of hydrogen-bond donors (Lipinski definition) is 4. The normalized spacial score (nSPS) is 28.1. The number of benzene rings is 1. The highest BCUT2D eigenvalue weighted by Gasteiger charge is 2.54. The number of aliphatic carboxylic acids is 2. The molecular formula is C23H32N2O8. The van der Waals surface area contributed by atoms with Crippen molar-refractivity contribution in [1.82, 2.24) is 4.90 Å². The van der Waals surface area contributed by atoms with Crippen LogP contribution in [0.25, 0.3) is 0 Å². The lowest BCUT2D eigenvalue weighted by Crippen LogP contribution is -2.63. The fourth-order valence-corrected chi connectivity index (χ4v) is 5.29. The molecule has 2 heterocycles. The van der Waals surface area contributed by atoms with Crippen molar-refractivity contribution < 1.29 is 39.2 Å². The maximum Gasteiger partial charge on any atom is 0.333 e. The summed E-state index contributed by atoms with van der Waals surface area (Å²) >= 11 is 0. The molecule has 10 nitrogen and oxygen atoms in total. The van der Waals surface area contributed by atoms with E-state index in [2.05, 4.69) is 11.0 Å². The van der Waals surface area contributed by atoms with Crippen LogP contribution in [0.1, 0.15) is 41.6 Å². The number of methoxy groups -OCH3 is 1. The Morgan fingerprint density at radius 3 is 2.27 bits per heavy atom. The average molecular weight is 465 g/mol. The molecule has 0 aromatic heterocycles. The van der Waals surface area contributed by atoms with Crippen molar-refractivity contribution in [2.24, 2.45) is 17.6 Å². The van der Waals surface area contributed by atoms with Crippen molar-refractivity contribution in [3.63, 3.8) is 0 Å². The number of carboxylic acids is 2. The van der Waals surface area contributed by atoms with Gasteiger partial charge in [0.25, 0.3) is 0 Å². The van der Waals surface area contributed by atoms with Gasteiger partial charge in [0.2, 0.25) is 5.91 Å². The number of likely N-dealkylation sites (tertiary alicyclic amines) is 1. The maximum atomic E-state index is 11.6. The zero-order valence-corrected chi connectivity index (χ0v) is 18.7. The molecule has 10 heteroatoms. The van der Waals surface area contributed by atoms with Crippen molar-refractivity contribution in [2.45, 2.75) is 43.4 Å². The van der Waals surface area contributed by atoms with Crippen LogP contribution in [0.2, 0.25) is 0 Å². The molecule has 5 N–H and O–H groups in total. The van der Waals surface area contributed by atoms with Crippen molar-refractivity contribution in [1.29, 1.82) is 0 Å². The Balaban J connectivity index is 0.000000292. The molecule has 1 aliphatic carbocycles. The summed E-state index contributed by atoms with van der Waals surface area (Å²) in [4.78, 5) is 33.6. The van der Waals surface area contributed by atoms with Gasteiger partial charge in [0.1, 0.15) is 5.60 Å². The van der Waals surface area contributed by atoms with Crippen LogP contribution in [0.5, 0.6) is 0 Å². The highest BCUT2D eigenvalue weighted by molar-refractivity contribution is 5.93. The van der Waals surface area contributed by atoms with Gasteiger partial charge in [-0.05, 0) is 30.5 Å². The number of carboxylic acid groups (broad SMARTS) is 2. The number of primary amides is 1. The summed E-state index contributed by atoms with van der Waals surface area (Å²) in [5.74, 6) is -2.34. The van der Waals surface area contributed by atoms with E-state index in [0.29, 0.717) is 23.4 Å². The van der Waals surface area contributed by atoms with Crippen LogP contribution < -0.4 is 5.73 Å². The van der Waals surface area contributed by atoms with E-state index in [1.807, 2.05) is 19.2 Å². The molecule has 4 rings (SSSR count). The second kappa shape index (κ2) is 10.6. The Labute approximate surface area is 192 Å². The number of aliphatic hydroxyl groups is 1. The van der Waals surface area contributed by atoms with Crippen LogP contribution in [0.4, 0.5) is 0 Å². The Hall–Kier alpha value is -2.53. The zero-order valence-electron chi connectivity index (χ0n) is 18.7. The number of piperidine rings is 1. The maximum absolute atomic E-state index is 11.6. The van der Waals surface area contributed by atoms with Gasteiger partial charge in [-0.3, -0.25) is 14.5 Å². The number of rotatable bonds is 7. The second-order valence-corrected chi connectivity index (χ2v) is 8.86. The molecule has 1 aromatic rings. The number of nitrogens with zero attached hydrogens (tertiary/aromatic N) is 1. The Morgan fingerprint density at radius 1 is 1.21 bits per heavy atom. The van der Waals surface area contributed by atoms with Crippen molar-refractivity contribution in [2.75, 3.05) is 33.4 Å². The first-order valence-electron chi connectivity index (χ1n) is 11.1. The van der Waals surface area contributed by atoms with E-state index in [4.69, 9.17) is 30.5 Å². The van der Waals surface area contributed by atoms with Gasteiger partial charge in [-0.15, -0.1) is 0 Å². The first kappa shape index (κ1) is 25.1. The fourth-order valence-electron chi connectivity index (χ4n) is 5.29. The SMILES string of the molecule is COC1(c2cccc(C(N)=O)c2)C2CCCC1CN(C1COC1)C2.O=C(O)CC(O)C(=O)O. The van der Waals surface area contributed by atoms with Gasteiger partial charge in [-0.25, -0.2) is 4.79 Å². The van der Waals surface area contributed by atoms with E-state index < -0.39 is 24.5 Å². The number of fused-ring (bicyclic) bond motifs is 2. The van der Waals surface area contributed by atoms with Gasteiger partial charge >= 0.3 is 11.9 Å². The summed E-state index contributed by atoms with van der Waals surface area (Å²) < 4.78 is 11.6. The molecular weight excluding hydrogens is 432 g/mol. The third-order valence-corrected chi connectivity index (χ3v) is 6.95. The molecule has 1 saturated carbocycles. The topological polar surface area (TPSA) is 160 Å². The van der Waals surface area contributed by atoms with Gasteiger partial charge in [0.15, 0.2) is 6.10 Å². The monoisotopic (exact) mass is 464 g/mol. The van der Waals surface area contributed by atoms with Crippen LogP contribution in [0.15, 0.2) is 24.3 Å². The average Bonchev–Trinajstić information content (AvgIpc) is 2.72. The second-order valence-electron chi connectivity index (χ2n) is 8.86. The third kappa shape index (κ3) is 5.35. The molecule has 2 bridgehead atoms. The number of aliphatic hydroxyl groups excluding tert-OH is 1. The largest absolute Gasteiger partial charge is 0.481 e. The van der Waals surface area contributed by atoms with E-state index in [1.165, 1.54) is 6.42 Å². The third-order valence-electron chi connectivity index (χ3n) is 6.95. The number of hydrogen-bond acceptors (Lipinski definition) is 7. The quantitative estimate of drug-likeness (QED) is 0.455. The van der Waals surface area contributed by atoms with E-state index in [0.717, 1.165) is 44.7 Å². The molecule has 182 valence electrons. The van der Waals surface area contributed by atoms with Crippen molar-refractivity contribution >= 4 is 17.8 Å². The Bertz CT molecular complexity index is 858. The van der Waals surface area contributed by atoms with E-state index >= 15 is 0 Å². The van der Waals surface area contributed by atoms with Gasteiger partial charge in [-0.2, -0.15) is 0 Å². The highest BCUT2D eigenvalue weighted by atomic mass is 16.5. The number of carbonyl (C=O) groups excluding carboxylic acids is 1. The lowest BCUT2D eigenvalue weighted by molar-refractivity contribution is -0.191. The molecule has 3 aliphatic rings. The van der Waals surface area contributed by atoms with Gasteiger partial charge in [0, 0.05) is 37.6 Å². The summed E-state index contributed by atoms with van der Waals surface area (Å²) in [6.45, 7) is 3.80. The van der Waals surface area contributed by atoms with E-state index in [-0.39, 0.29) is 11.5 Å². The molecule has 33 heavy (non-hydrogen) atoms. The van der Waals surface area contributed by atoms with Crippen LogP contribution in [0, 0.1) is 11.8 Å². The molecule has 1 amide bonds. The lowest BCUT2D eigenvalue weighted by Gasteiger charge is -2.57. The molecule has 2 aliphatic heterocycles. The number of ether oxygens (including phenoxy) is 2. The van der Waals surface area contributed by atoms with Crippen LogP contribution in [-0.2, 0) is 24.7 Å². The van der Waals surface area contributed by atoms with Crippen molar-refractivity contribution in [3.8, 4) is 0 Å². The highest BCUT2D eigenvalue weighted by Crippen LogP contribution is 2.52. The van der Waals surface area contributed by atoms with Crippen LogP contribution in [-0.4, -0.2) is 83.6 Å². The number of amides is 1. The predicted molar refractivity (Wildman–Crippen MR) is 117 cm³/mol. The van der Waals surface area contributed by atoms with Gasteiger partial charge < -0.3 is 30.5 Å². The van der Waals surface area contributed by atoms with Gasteiger partial charge in [-0.1, -0.05) is 18.6 Å². The molecule has 0 radical (unpaired) electrons. The standard InChI is InChI=1S/C19H26N2O3.C4H6O5/c1-23-19(14-5-2-4-13(8-14)18(20)22)15-6-3-7-16(19)10-21(9-15)17-11-24-12-17;5-2(4(8)9)1-3(6)7/h2,4-5,8,15-17H,3,6-7,9-12H2,1H3,(H2,20,22);2,5H,1H2,(H,6,7)(H,8,9). The summed E-state index contributed by atoms with van der Waals surface area (Å²) in [6.07, 6.45) is 1.03. The zero-order chi connectivity index (χ0) is 24.2. The van der Waals surface area contributed by atoms with Crippen LogP contribution in [0.3, 0.4) is 0 Å². The molecule has 3 unspecified atom stereocenters. The molecule has 0 spiro atoms. The Kier molecular flexibility index (Phi) is 8.06. The van der Waals surface area contributed by atoms with E-state index in [9.17, 15) is 14.4 Å². The van der Waals surface area contributed by atoms with Crippen LogP contribution >= 0.6 is 0 Å². The van der Waals surface area contributed by atoms with E-state index in [1.54, 1.807) is 6.07 Å². The summed E-state index contributed by atoms with van der Waals surface area (Å²) in [5.41, 5.74) is 6.88. The van der Waals surface area contributed by atoms with Gasteiger partial charge in [0.05, 0.1) is 25.7 Å². The number of nitrogens with two attached hydrogens (primary N) is 1. The first-order valence-corrected chi connectivity index (χ1v) is 11.1. The smallest absolute Gasteiger partial charge is 0.333 e.